The monoisotopic (exact) mass is 290 g/mol. The van der Waals surface area contributed by atoms with Crippen molar-refractivity contribution in [3.8, 4) is 5.75 Å². The van der Waals surface area contributed by atoms with Crippen LogP contribution in [-0.2, 0) is 11.4 Å². The molecule has 1 amide bonds. The number of amides is 1. The largest absolute Gasteiger partial charge is 0.494 e. The topological polar surface area (TPSA) is 89.3 Å². The van der Waals surface area contributed by atoms with Gasteiger partial charge in [0.2, 0.25) is 5.91 Å². The van der Waals surface area contributed by atoms with Crippen molar-refractivity contribution in [2.45, 2.75) is 26.5 Å². The fourth-order valence-corrected chi connectivity index (χ4v) is 1.86. The smallest absolute Gasteiger partial charge is 0.249 e. The molecule has 112 valence electrons. The molecule has 1 heterocycles. The molecule has 2 aromatic rings. The minimum atomic E-state index is -0.475. The van der Waals surface area contributed by atoms with E-state index in [9.17, 15) is 9.90 Å². The standard InChI is InChI=1S/C14H18N4O3/c1-3-21-13-5-4-12(6-11(13)7-19)17-14(20)10(2)18-9-15-8-16-18/h4-6,8-10,19H,3,7H2,1-2H3,(H,17,20). The van der Waals surface area contributed by atoms with Gasteiger partial charge in [-0.15, -0.1) is 0 Å². The third-order valence-electron chi connectivity index (χ3n) is 3.01. The summed E-state index contributed by atoms with van der Waals surface area (Å²) in [6.45, 7) is 3.96. The molecule has 7 heteroatoms. The normalized spacial score (nSPS) is 12.0. The van der Waals surface area contributed by atoms with Gasteiger partial charge in [-0.1, -0.05) is 0 Å². The van der Waals surface area contributed by atoms with Crippen LogP contribution in [0.3, 0.4) is 0 Å². The lowest BCUT2D eigenvalue weighted by Gasteiger charge is -2.14. The van der Waals surface area contributed by atoms with Gasteiger partial charge in [0.25, 0.3) is 0 Å². The molecule has 0 saturated carbocycles. The fraction of sp³-hybridized carbons (Fsp3) is 0.357. The van der Waals surface area contributed by atoms with Crippen LogP contribution in [0.5, 0.6) is 5.75 Å². The van der Waals surface area contributed by atoms with E-state index in [1.165, 1.54) is 17.3 Å². The Morgan fingerprint density at radius 1 is 1.52 bits per heavy atom. The molecular formula is C14H18N4O3. The number of aromatic nitrogens is 3. The van der Waals surface area contributed by atoms with Crippen LogP contribution >= 0.6 is 0 Å². The summed E-state index contributed by atoms with van der Waals surface area (Å²) in [4.78, 5) is 15.9. The first-order valence-electron chi connectivity index (χ1n) is 6.67. The van der Waals surface area contributed by atoms with Crippen molar-refractivity contribution in [3.63, 3.8) is 0 Å². The molecule has 0 aliphatic rings. The van der Waals surface area contributed by atoms with E-state index in [4.69, 9.17) is 4.74 Å². The van der Waals surface area contributed by atoms with E-state index in [0.717, 1.165) is 0 Å². The van der Waals surface area contributed by atoms with Crippen LogP contribution < -0.4 is 10.1 Å². The van der Waals surface area contributed by atoms with Crippen LogP contribution in [0.4, 0.5) is 5.69 Å². The number of ether oxygens (including phenoxy) is 1. The first-order chi connectivity index (χ1) is 10.2. The molecule has 21 heavy (non-hydrogen) atoms. The second-order valence-corrected chi connectivity index (χ2v) is 4.45. The van der Waals surface area contributed by atoms with Crippen molar-refractivity contribution in [3.05, 3.63) is 36.4 Å². The molecule has 0 saturated heterocycles. The number of nitrogens with zero attached hydrogens (tertiary/aromatic N) is 3. The summed E-state index contributed by atoms with van der Waals surface area (Å²) in [6, 6.07) is 4.68. The van der Waals surface area contributed by atoms with Gasteiger partial charge in [-0.2, -0.15) is 5.10 Å². The number of nitrogens with one attached hydrogen (secondary N) is 1. The Kier molecular flexibility index (Phi) is 4.89. The maximum absolute atomic E-state index is 12.1. The van der Waals surface area contributed by atoms with Crippen LogP contribution in [0, 0.1) is 0 Å². The molecule has 0 radical (unpaired) electrons. The molecule has 0 spiro atoms. The fourth-order valence-electron chi connectivity index (χ4n) is 1.86. The Hall–Kier alpha value is -2.41. The average molecular weight is 290 g/mol. The number of aliphatic hydroxyl groups excluding tert-OH is 1. The number of anilines is 1. The summed E-state index contributed by atoms with van der Waals surface area (Å²) in [7, 11) is 0. The number of hydrogen-bond donors (Lipinski definition) is 2. The van der Waals surface area contributed by atoms with Gasteiger partial charge in [-0.3, -0.25) is 4.79 Å². The average Bonchev–Trinajstić information content (AvgIpc) is 3.02. The Labute approximate surface area is 122 Å². The number of rotatable bonds is 6. The number of carbonyl (C=O) groups is 1. The Morgan fingerprint density at radius 2 is 2.33 bits per heavy atom. The maximum atomic E-state index is 12.1. The summed E-state index contributed by atoms with van der Waals surface area (Å²) in [5.74, 6) is 0.399. The van der Waals surface area contributed by atoms with Gasteiger partial charge in [0.05, 0.1) is 13.2 Å². The van der Waals surface area contributed by atoms with Gasteiger partial charge in [0, 0.05) is 11.3 Å². The highest BCUT2D eigenvalue weighted by atomic mass is 16.5. The highest BCUT2D eigenvalue weighted by Gasteiger charge is 2.16. The second kappa shape index (κ2) is 6.85. The Morgan fingerprint density at radius 3 is 2.95 bits per heavy atom. The first kappa shape index (κ1) is 15.0. The SMILES string of the molecule is CCOc1ccc(NC(=O)C(C)n2cncn2)cc1CO. The van der Waals surface area contributed by atoms with E-state index in [-0.39, 0.29) is 12.5 Å². The van der Waals surface area contributed by atoms with Crippen molar-refractivity contribution in [2.75, 3.05) is 11.9 Å². The van der Waals surface area contributed by atoms with Gasteiger partial charge >= 0.3 is 0 Å². The van der Waals surface area contributed by atoms with E-state index >= 15 is 0 Å². The maximum Gasteiger partial charge on any atom is 0.249 e. The van der Waals surface area contributed by atoms with E-state index in [1.807, 2.05) is 6.92 Å². The molecule has 2 N–H and O–H groups in total. The van der Waals surface area contributed by atoms with Gasteiger partial charge in [0.15, 0.2) is 0 Å². The summed E-state index contributed by atoms with van der Waals surface area (Å²) < 4.78 is 6.87. The molecule has 1 unspecified atom stereocenters. The lowest BCUT2D eigenvalue weighted by molar-refractivity contribution is -0.119. The van der Waals surface area contributed by atoms with Crippen molar-refractivity contribution >= 4 is 11.6 Å². The molecule has 1 aromatic heterocycles. The zero-order valence-electron chi connectivity index (χ0n) is 12.0. The van der Waals surface area contributed by atoms with E-state index in [2.05, 4.69) is 15.4 Å². The quantitative estimate of drug-likeness (QED) is 0.838. The minimum Gasteiger partial charge on any atom is -0.494 e. The van der Waals surface area contributed by atoms with Crippen LogP contribution in [0.2, 0.25) is 0 Å². The zero-order chi connectivity index (χ0) is 15.2. The van der Waals surface area contributed by atoms with Crippen LogP contribution in [0.1, 0.15) is 25.5 Å². The Balaban J connectivity index is 2.10. The van der Waals surface area contributed by atoms with Crippen molar-refractivity contribution < 1.29 is 14.6 Å². The predicted molar refractivity (Wildman–Crippen MR) is 76.9 cm³/mol. The Bertz CT molecular complexity index is 598. The lowest BCUT2D eigenvalue weighted by atomic mass is 10.1. The number of aliphatic hydroxyl groups is 1. The molecule has 1 aromatic carbocycles. The first-order valence-corrected chi connectivity index (χ1v) is 6.67. The third kappa shape index (κ3) is 3.57. The molecule has 0 aliphatic heterocycles. The highest BCUT2D eigenvalue weighted by Crippen LogP contribution is 2.23. The molecule has 7 nitrogen and oxygen atoms in total. The highest BCUT2D eigenvalue weighted by molar-refractivity contribution is 5.93. The third-order valence-corrected chi connectivity index (χ3v) is 3.01. The number of carbonyl (C=O) groups excluding carboxylic acids is 1. The molecule has 0 fully saturated rings. The molecule has 2 rings (SSSR count). The second-order valence-electron chi connectivity index (χ2n) is 4.45. The summed E-state index contributed by atoms with van der Waals surface area (Å²) in [6.07, 6.45) is 2.87. The molecule has 1 atom stereocenters. The summed E-state index contributed by atoms with van der Waals surface area (Å²) >= 11 is 0. The molecular weight excluding hydrogens is 272 g/mol. The van der Waals surface area contributed by atoms with Crippen LogP contribution in [0.15, 0.2) is 30.9 Å². The van der Waals surface area contributed by atoms with E-state index in [1.54, 1.807) is 25.1 Å². The number of hydrogen-bond acceptors (Lipinski definition) is 5. The minimum absolute atomic E-state index is 0.155. The van der Waals surface area contributed by atoms with E-state index < -0.39 is 6.04 Å². The predicted octanol–water partition coefficient (Wildman–Crippen LogP) is 1.37. The van der Waals surface area contributed by atoms with Gasteiger partial charge in [0.1, 0.15) is 24.4 Å². The lowest BCUT2D eigenvalue weighted by Crippen LogP contribution is -2.24. The molecule has 0 bridgehead atoms. The van der Waals surface area contributed by atoms with Crippen molar-refractivity contribution in [2.24, 2.45) is 0 Å². The van der Waals surface area contributed by atoms with Crippen LogP contribution in [-0.4, -0.2) is 32.4 Å². The van der Waals surface area contributed by atoms with Gasteiger partial charge in [-0.25, -0.2) is 9.67 Å². The summed E-state index contributed by atoms with van der Waals surface area (Å²) in [5, 5.41) is 16.1. The molecule has 0 aliphatic carbocycles. The van der Waals surface area contributed by atoms with Crippen molar-refractivity contribution in [1.29, 1.82) is 0 Å². The van der Waals surface area contributed by atoms with Crippen LogP contribution in [0.25, 0.3) is 0 Å². The zero-order valence-corrected chi connectivity index (χ0v) is 12.0. The van der Waals surface area contributed by atoms with E-state index in [0.29, 0.717) is 23.6 Å². The van der Waals surface area contributed by atoms with Crippen molar-refractivity contribution in [1.82, 2.24) is 14.8 Å². The van der Waals surface area contributed by atoms with Gasteiger partial charge < -0.3 is 15.2 Å². The van der Waals surface area contributed by atoms with Gasteiger partial charge in [-0.05, 0) is 32.0 Å². The summed E-state index contributed by atoms with van der Waals surface area (Å²) in [5.41, 5.74) is 1.22. The number of benzene rings is 1.